The van der Waals surface area contributed by atoms with E-state index in [1.165, 1.54) is 6.92 Å². The summed E-state index contributed by atoms with van der Waals surface area (Å²) in [7, 11) is -3.72. The molecule has 0 unspecified atom stereocenters. The van der Waals surface area contributed by atoms with Gasteiger partial charge in [0, 0.05) is 19.3 Å². The van der Waals surface area contributed by atoms with Gasteiger partial charge in [-0.05, 0) is 37.3 Å². The number of hydrogen-bond donors (Lipinski definition) is 0. The molecule has 1 aliphatic carbocycles. The lowest BCUT2D eigenvalue weighted by molar-refractivity contribution is -0.201. The number of Topliss-reactive ketones (excluding diaryl/α,β-unsaturated/α-hetero) is 1. The minimum atomic E-state index is -3.72. The molecular formula is C19H24O5S. The zero-order valence-electron chi connectivity index (χ0n) is 14.6. The zero-order valence-corrected chi connectivity index (χ0v) is 15.4. The number of ether oxygens (including phenoxy) is 2. The number of carbonyl (C=O) groups is 1. The molecule has 5 nitrogen and oxygen atoms in total. The standard InChI is InChI=1S/C19H24O5S/c1-13-8-15(9-14(2)20)18(11-16-12-23-19(18,10-13)24-16)25(21,22)17-6-4-3-5-7-17/h3-7,13,15-16H,8-12H2,1-2H3/t13-,15+,16-,18+,19+/m1/s1. The fourth-order valence-electron chi connectivity index (χ4n) is 5.30. The molecule has 2 bridgehead atoms. The third-order valence-corrected chi connectivity index (χ3v) is 8.73. The summed E-state index contributed by atoms with van der Waals surface area (Å²) in [6.07, 6.45) is 1.71. The Bertz CT molecular complexity index is 789. The average molecular weight is 364 g/mol. The quantitative estimate of drug-likeness (QED) is 0.822. The van der Waals surface area contributed by atoms with Gasteiger partial charge < -0.3 is 14.3 Å². The van der Waals surface area contributed by atoms with E-state index in [0.717, 1.165) is 0 Å². The van der Waals surface area contributed by atoms with Crippen LogP contribution in [0, 0.1) is 11.8 Å². The second-order valence-corrected chi connectivity index (χ2v) is 10.1. The number of sulfone groups is 1. The van der Waals surface area contributed by atoms with Gasteiger partial charge in [0.2, 0.25) is 0 Å². The van der Waals surface area contributed by atoms with E-state index in [1.54, 1.807) is 30.3 Å². The molecule has 25 heavy (non-hydrogen) atoms. The van der Waals surface area contributed by atoms with Crippen molar-refractivity contribution >= 4 is 15.6 Å². The molecule has 2 aliphatic heterocycles. The van der Waals surface area contributed by atoms with Crippen molar-refractivity contribution in [2.45, 2.75) is 61.1 Å². The van der Waals surface area contributed by atoms with Crippen LogP contribution in [-0.2, 0) is 24.1 Å². The second kappa shape index (κ2) is 5.63. The van der Waals surface area contributed by atoms with Crippen LogP contribution >= 0.6 is 0 Å². The molecule has 2 heterocycles. The Kier molecular flexibility index (Phi) is 3.87. The van der Waals surface area contributed by atoms with E-state index in [9.17, 15) is 13.2 Å². The fraction of sp³-hybridized carbons (Fsp3) is 0.632. The van der Waals surface area contributed by atoms with Crippen LogP contribution in [0.5, 0.6) is 0 Å². The Morgan fingerprint density at radius 1 is 1.24 bits per heavy atom. The number of benzene rings is 1. The lowest BCUT2D eigenvalue weighted by Crippen LogP contribution is -2.65. The van der Waals surface area contributed by atoms with Crippen LogP contribution in [-0.4, -0.2) is 37.4 Å². The summed E-state index contributed by atoms with van der Waals surface area (Å²) in [5.41, 5.74) is 0. The van der Waals surface area contributed by atoms with Crippen molar-refractivity contribution in [1.29, 1.82) is 0 Å². The van der Waals surface area contributed by atoms with Crippen LogP contribution in [0.4, 0.5) is 0 Å². The predicted molar refractivity (Wildman–Crippen MR) is 91.7 cm³/mol. The minimum absolute atomic E-state index is 0.0136. The van der Waals surface area contributed by atoms with Crippen molar-refractivity contribution in [3.8, 4) is 0 Å². The van der Waals surface area contributed by atoms with Crippen molar-refractivity contribution in [1.82, 2.24) is 0 Å². The smallest absolute Gasteiger partial charge is 0.189 e. The Balaban J connectivity index is 1.91. The number of ketones is 1. The van der Waals surface area contributed by atoms with E-state index in [1.807, 2.05) is 0 Å². The van der Waals surface area contributed by atoms with E-state index >= 15 is 0 Å². The minimum Gasteiger partial charge on any atom is -0.346 e. The molecule has 6 heteroatoms. The predicted octanol–water partition coefficient (Wildman–Crippen LogP) is 2.74. The highest BCUT2D eigenvalue weighted by atomic mass is 32.2. The van der Waals surface area contributed by atoms with E-state index in [-0.39, 0.29) is 35.0 Å². The van der Waals surface area contributed by atoms with Crippen molar-refractivity contribution in [2.24, 2.45) is 11.8 Å². The summed E-state index contributed by atoms with van der Waals surface area (Å²) < 4.78 is 38.6. The van der Waals surface area contributed by atoms with Gasteiger partial charge in [-0.25, -0.2) is 8.42 Å². The first-order valence-electron chi connectivity index (χ1n) is 8.92. The highest BCUT2D eigenvalue weighted by Gasteiger charge is 2.75. The number of carbonyl (C=O) groups excluding carboxylic acids is 1. The molecule has 0 N–H and O–H groups in total. The molecule has 2 saturated heterocycles. The van der Waals surface area contributed by atoms with E-state index < -0.39 is 20.4 Å². The summed E-state index contributed by atoms with van der Waals surface area (Å²) in [4.78, 5) is 12.2. The first kappa shape index (κ1) is 17.2. The Morgan fingerprint density at radius 3 is 2.60 bits per heavy atom. The largest absolute Gasteiger partial charge is 0.346 e. The van der Waals surface area contributed by atoms with E-state index in [2.05, 4.69) is 6.92 Å². The highest BCUT2D eigenvalue weighted by molar-refractivity contribution is 7.93. The average Bonchev–Trinajstić information content (AvgIpc) is 3.10. The summed E-state index contributed by atoms with van der Waals surface area (Å²) in [6.45, 7) is 4.05. The molecule has 136 valence electrons. The molecule has 0 amide bonds. The van der Waals surface area contributed by atoms with Gasteiger partial charge in [-0.15, -0.1) is 0 Å². The van der Waals surface area contributed by atoms with Crippen LogP contribution in [0.25, 0.3) is 0 Å². The van der Waals surface area contributed by atoms with Gasteiger partial charge in [0.1, 0.15) is 10.5 Å². The molecule has 3 aliphatic rings. The Morgan fingerprint density at radius 2 is 1.96 bits per heavy atom. The first-order valence-corrected chi connectivity index (χ1v) is 10.4. The first-order chi connectivity index (χ1) is 11.8. The Labute approximate surface area is 148 Å². The van der Waals surface area contributed by atoms with Gasteiger partial charge in [0.05, 0.1) is 17.6 Å². The third kappa shape index (κ3) is 2.27. The molecule has 0 radical (unpaired) electrons. The molecule has 1 spiro atoms. The van der Waals surface area contributed by atoms with Crippen LogP contribution in [0.2, 0.25) is 0 Å². The molecule has 1 aromatic carbocycles. The topological polar surface area (TPSA) is 69.7 Å². The van der Waals surface area contributed by atoms with Crippen molar-refractivity contribution in [3.05, 3.63) is 30.3 Å². The van der Waals surface area contributed by atoms with Gasteiger partial charge in [-0.1, -0.05) is 25.1 Å². The monoisotopic (exact) mass is 364 g/mol. The molecule has 3 fully saturated rings. The summed E-state index contributed by atoms with van der Waals surface area (Å²) >= 11 is 0. The van der Waals surface area contributed by atoms with Crippen molar-refractivity contribution in [2.75, 3.05) is 6.61 Å². The van der Waals surface area contributed by atoms with Crippen molar-refractivity contribution in [3.63, 3.8) is 0 Å². The molecule has 4 rings (SSSR count). The number of fused-ring (bicyclic) bond motifs is 1. The van der Waals surface area contributed by atoms with Crippen LogP contribution in [0.3, 0.4) is 0 Å². The van der Waals surface area contributed by atoms with E-state index in [0.29, 0.717) is 25.9 Å². The maximum atomic E-state index is 13.8. The van der Waals surface area contributed by atoms with Crippen LogP contribution in [0.1, 0.15) is 39.5 Å². The Hall–Kier alpha value is -1.24. The molecule has 5 atom stereocenters. The fourth-order valence-corrected chi connectivity index (χ4v) is 7.86. The van der Waals surface area contributed by atoms with E-state index in [4.69, 9.17) is 9.47 Å². The molecular weight excluding hydrogens is 340 g/mol. The SMILES string of the molecule is CC(=O)C[C@@H]1C[C@@H](C)C[C@@]23OC[C@@H](C[C@]12S(=O)(=O)c1ccccc1)O3. The van der Waals surface area contributed by atoms with Gasteiger partial charge >= 0.3 is 0 Å². The van der Waals surface area contributed by atoms with Gasteiger partial charge in [-0.3, -0.25) is 0 Å². The van der Waals surface area contributed by atoms with Crippen LogP contribution < -0.4 is 0 Å². The summed E-state index contributed by atoms with van der Waals surface area (Å²) in [6, 6.07) is 8.53. The maximum Gasteiger partial charge on any atom is 0.189 e. The zero-order chi connectivity index (χ0) is 17.9. The lowest BCUT2D eigenvalue weighted by atomic mass is 9.67. The maximum absolute atomic E-state index is 13.8. The van der Waals surface area contributed by atoms with Gasteiger partial charge in [-0.2, -0.15) is 0 Å². The number of rotatable bonds is 4. The molecule has 0 aromatic heterocycles. The summed E-state index contributed by atoms with van der Waals surface area (Å²) in [5.74, 6) is -1.14. The third-order valence-electron chi connectivity index (χ3n) is 6.07. The second-order valence-electron chi connectivity index (χ2n) is 7.86. The highest BCUT2D eigenvalue weighted by Crippen LogP contribution is 2.62. The lowest BCUT2D eigenvalue weighted by Gasteiger charge is -2.52. The van der Waals surface area contributed by atoms with Crippen molar-refractivity contribution < 1.29 is 22.7 Å². The molecule has 1 saturated carbocycles. The summed E-state index contributed by atoms with van der Waals surface area (Å²) in [5, 5.41) is 0. The van der Waals surface area contributed by atoms with Crippen LogP contribution in [0.15, 0.2) is 35.2 Å². The van der Waals surface area contributed by atoms with Gasteiger partial charge in [0.25, 0.3) is 0 Å². The normalized spacial score (nSPS) is 40.0. The number of hydrogen-bond acceptors (Lipinski definition) is 5. The van der Waals surface area contributed by atoms with Gasteiger partial charge in [0.15, 0.2) is 15.6 Å². The molecule has 1 aromatic rings.